The van der Waals surface area contributed by atoms with E-state index in [1.165, 1.54) is 12.1 Å². The minimum Gasteiger partial charge on any atom is -0.480 e. The zero-order valence-electron chi connectivity index (χ0n) is 9.12. The summed E-state index contributed by atoms with van der Waals surface area (Å²) >= 11 is 0. The third-order valence-corrected chi connectivity index (χ3v) is 2.27. The van der Waals surface area contributed by atoms with Gasteiger partial charge in [-0.2, -0.15) is 0 Å². The highest BCUT2D eigenvalue weighted by molar-refractivity contribution is 5.73. The lowest BCUT2D eigenvalue weighted by Gasteiger charge is -2.08. The molecule has 4 N–H and O–H groups in total. The Morgan fingerprint density at radius 1 is 1.47 bits per heavy atom. The van der Waals surface area contributed by atoms with Gasteiger partial charge in [-0.3, -0.25) is 4.79 Å². The zero-order valence-corrected chi connectivity index (χ0v) is 9.12. The Morgan fingerprint density at radius 3 is 2.76 bits per heavy atom. The topological polar surface area (TPSA) is 75.3 Å². The first-order chi connectivity index (χ1) is 8.00. The second-order valence-electron chi connectivity index (χ2n) is 3.63. The smallest absolute Gasteiger partial charge is 0.321 e. The highest BCUT2D eigenvalue weighted by Crippen LogP contribution is 2.09. The lowest BCUT2D eigenvalue weighted by atomic mass is 10.1. The van der Waals surface area contributed by atoms with Crippen molar-refractivity contribution in [3.8, 4) is 0 Å². The van der Waals surface area contributed by atoms with Crippen LogP contribution in [0, 0.1) is 11.6 Å². The van der Waals surface area contributed by atoms with Gasteiger partial charge in [-0.05, 0) is 24.6 Å². The minimum atomic E-state index is -1.09. The van der Waals surface area contributed by atoms with Gasteiger partial charge in [-0.15, -0.1) is 0 Å². The van der Waals surface area contributed by atoms with Crippen LogP contribution in [0.5, 0.6) is 0 Å². The van der Waals surface area contributed by atoms with Crippen LogP contribution >= 0.6 is 0 Å². The summed E-state index contributed by atoms with van der Waals surface area (Å²) in [5.41, 5.74) is 5.64. The van der Waals surface area contributed by atoms with E-state index in [1.807, 2.05) is 0 Å². The number of aliphatic carboxylic acids is 1. The molecule has 0 amide bonds. The fourth-order valence-electron chi connectivity index (χ4n) is 1.29. The van der Waals surface area contributed by atoms with Crippen molar-refractivity contribution in [2.75, 3.05) is 13.1 Å². The average molecular weight is 244 g/mol. The molecule has 0 saturated heterocycles. The number of nitrogens with one attached hydrogen (secondary N) is 1. The summed E-state index contributed by atoms with van der Waals surface area (Å²) in [5, 5.41) is 11.3. The first-order valence-corrected chi connectivity index (χ1v) is 5.13. The number of hydrogen-bond acceptors (Lipinski definition) is 3. The molecule has 17 heavy (non-hydrogen) atoms. The normalized spacial score (nSPS) is 12.4. The molecule has 1 aromatic carbocycles. The Morgan fingerprint density at radius 2 is 2.18 bits per heavy atom. The maximum absolute atomic E-state index is 13.2. The van der Waals surface area contributed by atoms with Crippen molar-refractivity contribution in [2.45, 2.75) is 12.5 Å². The minimum absolute atomic E-state index is 0.109. The van der Waals surface area contributed by atoms with E-state index in [1.54, 1.807) is 0 Å². The Hall–Kier alpha value is -1.53. The standard InChI is InChI=1S/C11H14F2N2O2/c12-8-2-1-7(9(13)5-8)3-4-15-6-10(14)11(16)17/h1-2,5,10,15H,3-4,6,14H2,(H,16,17). The maximum Gasteiger partial charge on any atom is 0.321 e. The largest absolute Gasteiger partial charge is 0.480 e. The molecule has 0 bridgehead atoms. The van der Waals surface area contributed by atoms with Crippen molar-refractivity contribution < 1.29 is 18.7 Å². The molecule has 1 aromatic rings. The number of benzene rings is 1. The quantitative estimate of drug-likeness (QED) is 0.637. The number of carbonyl (C=O) groups is 1. The molecule has 0 radical (unpaired) electrons. The summed E-state index contributed by atoms with van der Waals surface area (Å²) in [7, 11) is 0. The molecule has 1 rings (SSSR count). The van der Waals surface area contributed by atoms with E-state index >= 15 is 0 Å². The van der Waals surface area contributed by atoms with Crippen LogP contribution in [0.1, 0.15) is 5.56 Å². The Labute approximate surface area is 97.4 Å². The zero-order chi connectivity index (χ0) is 12.8. The first kappa shape index (κ1) is 13.5. The summed E-state index contributed by atoms with van der Waals surface area (Å²) in [6.07, 6.45) is 0.346. The van der Waals surface area contributed by atoms with Gasteiger partial charge in [0, 0.05) is 12.6 Å². The number of carboxylic acids is 1. The van der Waals surface area contributed by atoms with Gasteiger partial charge in [0.15, 0.2) is 0 Å². The van der Waals surface area contributed by atoms with Crippen LogP contribution in [-0.2, 0) is 11.2 Å². The SMILES string of the molecule is NC(CNCCc1ccc(F)cc1F)C(=O)O. The molecular weight excluding hydrogens is 230 g/mol. The summed E-state index contributed by atoms with van der Waals surface area (Å²) in [6.45, 7) is 0.488. The lowest BCUT2D eigenvalue weighted by Crippen LogP contribution is -2.40. The monoisotopic (exact) mass is 244 g/mol. The van der Waals surface area contributed by atoms with Crippen LogP contribution in [0.2, 0.25) is 0 Å². The van der Waals surface area contributed by atoms with Crippen molar-refractivity contribution in [2.24, 2.45) is 5.73 Å². The summed E-state index contributed by atoms with van der Waals surface area (Å²) < 4.78 is 25.8. The predicted molar refractivity (Wildman–Crippen MR) is 58.5 cm³/mol. The van der Waals surface area contributed by atoms with E-state index in [4.69, 9.17) is 10.8 Å². The molecule has 0 aliphatic rings. The Kier molecular flexibility index (Phi) is 4.99. The van der Waals surface area contributed by atoms with Crippen molar-refractivity contribution in [3.05, 3.63) is 35.4 Å². The molecular formula is C11H14F2N2O2. The van der Waals surface area contributed by atoms with Crippen molar-refractivity contribution in [1.29, 1.82) is 0 Å². The predicted octanol–water partition coefficient (Wildman–Crippen LogP) is 0.509. The Balaban J connectivity index is 2.34. The number of rotatable bonds is 6. The van der Waals surface area contributed by atoms with Crippen molar-refractivity contribution >= 4 is 5.97 Å². The third kappa shape index (κ3) is 4.46. The number of hydrogen-bond donors (Lipinski definition) is 3. The van der Waals surface area contributed by atoms with Crippen LogP contribution < -0.4 is 11.1 Å². The highest BCUT2D eigenvalue weighted by Gasteiger charge is 2.10. The van der Waals surface area contributed by atoms with Gasteiger partial charge in [0.05, 0.1) is 0 Å². The van der Waals surface area contributed by atoms with E-state index < -0.39 is 23.6 Å². The number of halogens is 2. The van der Waals surface area contributed by atoms with E-state index in [2.05, 4.69) is 5.32 Å². The summed E-state index contributed by atoms with van der Waals surface area (Å²) in [4.78, 5) is 10.4. The molecule has 0 spiro atoms. The Bertz CT molecular complexity index is 399. The summed E-state index contributed by atoms with van der Waals surface area (Å²) in [6, 6.07) is 2.39. The van der Waals surface area contributed by atoms with Crippen LogP contribution in [0.4, 0.5) is 8.78 Å². The second-order valence-corrected chi connectivity index (χ2v) is 3.63. The molecule has 0 saturated carbocycles. The molecule has 0 aromatic heterocycles. The molecule has 94 valence electrons. The molecule has 6 heteroatoms. The molecule has 1 atom stereocenters. The molecule has 1 unspecified atom stereocenters. The van der Waals surface area contributed by atoms with Crippen molar-refractivity contribution in [3.63, 3.8) is 0 Å². The van der Waals surface area contributed by atoms with Gasteiger partial charge in [0.25, 0.3) is 0 Å². The fraction of sp³-hybridized carbons (Fsp3) is 0.364. The van der Waals surface area contributed by atoms with Gasteiger partial charge in [-0.25, -0.2) is 8.78 Å². The third-order valence-electron chi connectivity index (χ3n) is 2.27. The maximum atomic E-state index is 13.2. The second kappa shape index (κ2) is 6.27. The molecule has 0 heterocycles. The van der Waals surface area contributed by atoms with E-state index in [0.29, 0.717) is 18.5 Å². The molecule has 4 nitrogen and oxygen atoms in total. The van der Waals surface area contributed by atoms with Gasteiger partial charge < -0.3 is 16.2 Å². The highest BCUT2D eigenvalue weighted by atomic mass is 19.1. The number of nitrogens with two attached hydrogens (primary N) is 1. The van der Waals surface area contributed by atoms with Crippen LogP contribution in [-0.4, -0.2) is 30.2 Å². The molecule has 0 aliphatic carbocycles. The van der Waals surface area contributed by atoms with Gasteiger partial charge in [0.2, 0.25) is 0 Å². The van der Waals surface area contributed by atoms with Crippen LogP contribution in [0.25, 0.3) is 0 Å². The van der Waals surface area contributed by atoms with E-state index in [-0.39, 0.29) is 6.54 Å². The first-order valence-electron chi connectivity index (χ1n) is 5.13. The van der Waals surface area contributed by atoms with Crippen LogP contribution in [0.15, 0.2) is 18.2 Å². The van der Waals surface area contributed by atoms with Gasteiger partial charge in [0.1, 0.15) is 17.7 Å². The van der Waals surface area contributed by atoms with Gasteiger partial charge in [-0.1, -0.05) is 6.07 Å². The average Bonchev–Trinajstić information content (AvgIpc) is 2.26. The number of carboxylic acid groups (broad SMARTS) is 1. The van der Waals surface area contributed by atoms with E-state index in [9.17, 15) is 13.6 Å². The summed E-state index contributed by atoms with van der Waals surface area (Å²) in [5.74, 6) is -2.31. The molecule has 0 aliphatic heterocycles. The van der Waals surface area contributed by atoms with Gasteiger partial charge >= 0.3 is 5.97 Å². The van der Waals surface area contributed by atoms with Crippen LogP contribution in [0.3, 0.4) is 0 Å². The lowest BCUT2D eigenvalue weighted by molar-refractivity contribution is -0.138. The fourth-order valence-corrected chi connectivity index (χ4v) is 1.29. The molecule has 0 fully saturated rings. The van der Waals surface area contributed by atoms with E-state index in [0.717, 1.165) is 6.07 Å². The van der Waals surface area contributed by atoms with Crippen molar-refractivity contribution in [1.82, 2.24) is 5.32 Å².